The molecule has 7 heteroatoms. The second-order valence-corrected chi connectivity index (χ2v) is 10.0. The van der Waals surface area contributed by atoms with Crippen LogP contribution in [0.2, 0.25) is 0 Å². The molecule has 1 aromatic rings. The highest BCUT2D eigenvalue weighted by Gasteiger charge is 2.31. The van der Waals surface area contributed by atoms with Crippen LogP contribution in [0.5, 0.6) is 0 Å². The molecule has 0 unspecified atom stereocenters. The Bertz CT molecular complexity index is 706. The monoisotopic (exact) mass is 396 g/mol. The van der Waals surface area contributed by atoms with Gasteiger partial charge in [0.15, 0.2) is 6.54 Å². The van der Waals surface area contributed by atoms with Crippen molar-refractivity contribution in [3.05, 3.63) is 29.8 Å². The molecular weight excluding hydrogens is 362 g/mol. The van der Waals surface area contributed by atoms with Crippen LogP contribution in [0.3, 0.4) is 0 Å². The number of carbonyl (C=O) groups is 1. The number of quaternary nitrogens is 1. The van der Waals surface area contributed by atoms with E-state index in [0.29, 0.717) is 56.0 Å². The van der Waals surface area contributed by atoms with Crippen molar-refractivity contribution in [2.75, 3.05) is 39.3 Å². The van der Waals surface area contributed by atoms with Crippen molar-refractivity contribution in [1.82, 2.24) is 9.62 Å². The molecule has 0 atom stereocenters. The van der Waals surface area contributed by atoms with Crippen LogP contribution in [-0.4, -0.2) is 57.9 Å². The van der Waals surface area contributed by atoms with Crippen molar-refractivity contribution in [2.45, 2.75) is 44.9 Å². The maximum absolute atomic E-state index is 12.8. The van der Waals surface area contributed by atoms with Crippen LogP contribution in [0.4, 0.5) is 0 Å². The molecule has 152 valence electrons. The predicted octanol–water partition coefficient (Wildman–Crippen LogP) is 0.862. The van der Waals surface area contributed by atoms with Gasteiger partial charge in [-0.1, -0.05) is 39.8 Å². The molecule has 0 saturated carbocycles. The van der Waals surface area contributed by atoms with Crippen molar-refractivity contribution in [3.63, 3.8) is 0 Å². The fraction of sp³-hybridized carbons (Fsp3) is 0.650. The minimum absolute atomic E-state index is 0.0474. The molecule has 1 aromatic carbocycles. The molecule has 2 N–H and O–H groups in total. The fourth-order valence-corrected chi connectivity index (χ4v) is 4.62. The van der Waals surface area contributed by atoms with E-state index < -0.39 is 10.0 Å². The molecule has 0 aromatic heterocycles. The molecule has 1 heterocycles. The molecule has 1 amide bonds. The Morgan fingerprint density at radius 1 is 1.11 bits per heavy atom. The summed E-state index contributed by atoms with van der Waals surface area (Å²) in [4.78, 5) is 13.5. The lowest BCUT2D eigenvalue weighted by Crippen LogP contribution is -3.15. The summed E-state index contributed by atoms with van der Waals surface area (Å²) in [6.45, 7) is 11.8. The van der Waals surface area contributed by atoms with Gasteiger partial charge in [-0.25, -0.2) is 8.42 Å². The number of nitrogens with one attached hydrogen (secondary N) is 2. The van der Waals surface area contributed by atoms with Gasteiger partial charge in [0.1, 0.15) is 0 Å². The van der Waals surface area contributed by atoms with Gasteiger partial charge < -0.3 is 10.2 Å². The lowest BCUT2D eigenvalue weighted by molar-refractivity contribution is -0.895. The Kier molecular flexibility index (Phi) is 7.82. The third kappa shape index (κ3) is 6.30. The number of hydrogen-bond acceptors (Lipinski definition) is 3. The van der Waals surface area contributed by atoms with E-state index in [1.807, 2.05) is 12.1 Å². The minimum Gasteiger partial charge on any atom is -0.351 e. The van der Waals surface area contributed by atoms with Gasteiger partial charge in [-0.2, -0.15) is 4.31 Å². The van der Waals surface area contributed by atoms with Gasteiger partial charge in [-0.05, 0) is 36.0 Å². The zero-order valence-electron chi connectivity index (χ0n) is 17.0. The van der Waals surface area contributed by atoms with E-state index in [4.69, 9.17) is 0 Å². The largest absolute Gasteiger partial charge is 0.351 e. The van der Waals surface area contributed by atoms with E-state index in [1.54, 1.807) is 12.1 Å². The van der Waals surface area contributed by atoms with Gasteiger partial charge in [-0.3, -0.25) is 4.79 Å². The smallest absolute Gasteiger partial charge is 0.275 e. The quantitative estimate of drug-likeness (QED) is 0.685. The number of amides is 1. The van der Waals surface area contributed by atoms with E-state index >= 15 is 0 Å². The summed E-state index contributed by atoms with van der Waals surface area (Å²) < 4.78 is 27.2. The van der Waals surface area contributed by atoms with Gasteiger partial charge >= 0.3 is 0 Å². The predicted molar refractivity (Wildman–Crippen MR) is 107 cm³/mol. The van der Waals surface area contributed by atoms with Gasteiger partial charge in [0.05, 0.1) is 31.1 Å². The molecule has 1 saturated heterocycles. The number of hydrogen-bond donors (Lipinski definition) is 2. The van der Waals surface area contributed by atoms with Crippen LogP contribution in [-0.2, 0) is 14.8 Å². The summed E-state index contributed by atoms with van der Waals surface area (Å²) in [6.07, 6.45) is 0.975. The highest BCUT2D eigenvalue weighted by molar-refractivity contribution is 7.89. The minimum atomic E-state index is -3.46. The summed E-state index contributed by atoms with van der Waals surface area (Å²) in [6, 6.07) is 7.18. The van der Waals surface area contributed by atoms with Gasteiger partial charge in [0.2, 0.25) is 10.0 Å². The molecule has 0 radical (unpaired) electrons. The molecule has 27 heavy (non-hydrogen) atoms. The lowest BCUT2D eigenvalue weighted by Gasteiger charge is -2.31. The van der Waals surface area contributed by atoms with E-state index in [1.165, 1.54) is 4.31 Å². The standard InChI is InChI=1S/C20H33N3O3S/c1-16(2)9-10-21-20(24)15-22-11-13-23(14-12-22)27(25,26)19-7-5-18(6-8-19)17(3)4/h5-8,16-17H,9-15H2,1-4H3,(H,21,24)/p+1. The first-order chi connectivity index (χ1) is 12.7. The summed E-state index contributed by atoms with van der Waals surface area (Å²) in [7, 11) is -3.46. The maximum Gasteiger partial charge on any atom is 0.275 e. The summed E-state index contributed by atoms with van der Waals surface area (Å²) in [5.41, 5.74) is 1.13. The average molecular weight is 397 g/mol. The molecule has 0 bridgehead atoms. The number of benzene rings is 1. The van der Waals surface area contributed by atoms with Crippen molar-refractivity contribution in [2.24, 2.45) is 5.92 Å². The third-order valence-electron chi connectivity index (χ3n) is 5.07. The van der Waals surface area contributed by atoms with Crippen molar-refractivity contribution in [1.29, 1.82) is 0 Å². The zero-order chi connectivity index (χ0) is 20.0. The summed E-state index contributed by atoms with van der Waals surface area (Å²) in [5.74, 6) is 0.993. The van der Waals surface area contributed by atoms with E-state index in [0.717, 1.165) is 16.9 Å². The first kappa shape index (κ1) is 21.9. The average Bonchev–Trinajstić information content (AvgIpc) is 2.62. The third-order valence-corrected chi connectivity index (χ3v) is 6.98. The van der Waals surface area contributed by atoms with Crippen LogP contribution in [0.1, 0.15) is 45.6 Å². The van der Waals surface area contributed by atoms with Crippen molar-refractivity contribution < 1.29 is 18.1 Å². The van der Waals surface area contributed by atoms with Crippen molar-refractivity contribution >= 4 is 15.9 Å². The Morgan fingerprint density at radius 3 is 2.22 bits per heavy atom. The maximum atomic E-state index is 12.8. The zero-order valence-corrected chi connectivity index (χ0v) is 17.8. The fourth-order valence-electron chi connectivity index (χ4n) is 3.18. The van der Waals surface area contributed by atoms with Crippen LogP contribution < -0.4 is 10.2 Å². The Balaban J connectivity index is 1.86. The highest BCUT2D eigenvalue weighted by atomic mass is 32.2. The second-order valence-electron chi connectivity index (χ2n) is 8.09. The first-order valence-electron chi connectivity index (χ1n) is 9.90. The Labute approximate surface area is 164 Å². The van der Waals surface area contributed by atoms with Gasteiger partial charge in [-0.15, -0.1) is 0 Å². The molecule has 6 nitrogen and oxygen atoms in total. The highest BCUT2D eigenvalue weighted by Crippen LogP contribution is 2.20. The van der Waals surface area contributed by atoms with Crippen LogP contribution in [0, 0.1) is 5.92 Å². The molecule has 1 aliphatic heterocycles. The molecule has 1 aliphatic rings. The van der Waals surface area contributed by atoms with Crippen LogP contribution in [0.25, 0.3) is 0 Å². The molecule has 0 aliphatic carbocycles. The van der Waals surface area contributed by atoms with Crippen molar-refractivity contribution in [3.8, 4) is 0 Å². The topological polar surface area (TPSA) is 70.9 Å². The second kappa shape index (κ2) is 9.66. The number of rotatable bonds is 8. The van der Waals surface area contributed by atoms with Crippen LogP contribution in [0.15, 0.2) is 29.2 Å². The molecule has 0 spiro atoms. The Morgan fingerprint density at radius 2 is 1.70 bits per heavy atom. The Hall–Kier alpha value is -1.44. The number of piperazine rings is 1. The van der Waals surface area contributed by atoms with Gasteiger partial charge in [0, 0.05) is 6.54 Å². The van der Waals surface area contributed by atoms with Gasteiger partial charge in [0.25, 0.3) is 5.91 Å². The molecular formula is C20H34N3O3S+. The number of carbonyl (C=O) groups excluding carboxylic acids is 1. The SMILES string of the molecule is CC(C)CCNC(=O)C[NH+]1CCN(S(=O)(=O)c2ccc(C(C)C)cc2)CC1. The summed E-state index contributed by atoms with van der Waals surface area (Å²) >= 11 is 0. The summed E-state index contributed by atoms with van der Waals surface area (Å²) in [5, 5.41) is 2.95. The number of sulfonamides is 1. The number of nitrogens with zero attached hydrogens (tertiary/aromatic N) is 1. The first-order valence-corrected chi connectivity index (χ1v) is 11.3. The molecule has 2 rings (SSSR count). The normalized spacial score (nSPS) is 16.8. The lowest BCUT2D eigenvalue weighted by atomic mass is 10.0. The van der Waals surface area contributed by atoms with E-state index in [2.05, 4.69) is 33.0 Å². The van der Waals surface area contributed by atoms with Crippen LogP contribution >= 0.6 is 0 Å². The van der Waals surface area contributed by atoms with E-state index in [-0.39, 0.29) is 5.91 Å². The molecule has 1 fully saturated rings. The van der Waals surface area contributed by atoms with E-state index in [9.17, 15) is 13.2 Å².